The third kappa shape index (κ3) is 6.32. The van der Waals surface area contributed by atoms with Gasteiger partial charge in [-0.25, -0.2) is 0 Å². The second-order valence-corrected chi connectivity index (χ2v) is 9.09. The number of benzene rings is 3. The maximum atomic E-state index is 13.1. The lowest BCUT2D eigenvalue weighted by molar-refractivity contribution is -0.115. The van der Waals surface area contributed by atoms with Crippen molar-refractivity contribution in [3.05, 3.63) is 101 Å². The largest absolute Gasteiger partial charge is 0.411 e. The molecule has 4 heteroatoms. The molecule has 0 saturated heterocycles. The van der Waals surface area contributed by atoms with E-state index in [4.69, 9.17) is 0 Å². The summed E-state index contributed by atoms with van der Waals surface area (Å²) in [7, 11) is 0. The monoisotopic (exact) mass is 442 g/mol. The standard InChI is InChI=1S/C29H34N2O2/c1-20(2)25-16-11-17-26(21(3)4)29(25)30-28(32)19-24(31-33)18-27(22-12-7-5-8-13-22)23-14-9-6-10-15-23/h5-17,20-21,27,33H,18-19H2,1-4H3,(H,30,32)/b31-24-. The number of para-hydroxylation sites is 1. The Balaban J connectivity index is 1.82. The number of carbonyl (C=O) groups is 1. The number of nitrogens with zero attached hydrogens (tertiary/aromatic N) is 1. The first kappa shape index (κ1) is 24.2. The summed E-state index contributed by atoms with van der Waals surface area (Å²) >= 11 is 0. The molecule has 33 heavy (non-hydrogen) atoms. The van der Waals surface area contributed by atoms with E-state index in [9.17, 15) is 10.0 Å². The summed E-state index contributed by atoms with van der Waals surface area (Å²) in [6.07, 6.45) is 0.497. The Bertz CT molecular complexity index is 1010. The van der Waals surface area contributed by atoms with Crippen LogP contribution >= 0.6 is 0 Å². The van der Waals surface area contributed by atoms with Crippen molar-refractivity contribution in [3.63, 3.8) is 0 Å². The van der Waals surface area contributed by atoms with Crippen molar-refractivity contribution in [1.29, 1.82) is 0 Å². The summed E-state index contributed by atoms with van der Waals surface area (Å²) < 4.78 is 0. The van der Waals surface area contributed by atoms with Crippen molar-refractivity contribution in [2.24, 2.45) is 5.16 Å². The first-order valence-corrected chi connectivity index (χ1v) is 11.6. The highest BCUT2D eigenvalue weighted by atomic mass is 16.4. The van der Waals surface area contributed by atoms with Gasteiger partial charge in [-0.05, 0) is 34.1 Å². The Morgan fingerprint density at radius 1 is 0.788 bits per heavy atom. The summed E-state index contributed by atoms with van der Waals surface area (Å²) in [5, 5.41) is 16.4. The minimum absolute atomic E-state index is 0.000255. The van der Waals surface area contributed by atoms with Crippen LogP contribution in [0.5, 0.6) is 0 Å². The van der Waals surface area contributed by atoms with Gasteiger partial charge < -0.3 is 10.5 Å². The Morgan fingerprint density at radius 3 is 1.70 bits per heavy atom. The normalized spacial score (nSPS) is 11.9. The number of nitrogens with one attached hydrogen (secondary N) is 1. The fraction of sp³-hybridized carbons (Fsp3) is 0.310. The molecule has 0 unspecified atom stereocenters. The van der Waals surface area contributed by atoms with E-state index >= 15 is 0 Å². The van der Waals surface area contributed by atoms with Gasteiger partial charge in [0.15, 0.2) is 0 Å². The summed E-state index contributed by atoms with van der Waals surface area (Å²) in [6.45, 7) is 8.50. The Hall–Kier alpha value is -3.40. The van der Waals surface area contributed by atoms with Crippen molar-refractivity contribution in [3.8, 4) is 0 Å². The lowest BCUT2D eigenvalue weighted by atomic mass is 9.86. The molecule has 3 aromatic carbocycles. The molecule has 3 aromatic rings. The van der Waals surface area contributed by atoms with Gasteiger partial charge in [-0.3, -0.25) is 4.79 Å². The lowest BCUT2D eigenvalue weighted by Gasteiger charge is -2.21. The maximum Gasteiger partial charge on any atom is 0.230 e. The van der Waals surface area contributed by atoms with E-state index in [2.05, 4.69) is 74.6 Å². The van der Waals surface area contributed by atoms with Gasteiger partial charge in [0.05, 0.1) is 12.1 Å². The van der Waals surface area contributed by atoms with Crippen LogP contribution in [0.1, 0.15) is 80.5 Å². The summed E-state index contributed by atoms with van der Waals surface area (Å²) in [5.74, 6) is 0.397. The molecule has 0 aromatic heterocycles. The van der Waals surface area contributed by atoms with Crippen LogP contribution in [0.2, 0.25) is 0 Å². The van der Waals surface area contributed by atoms with Crippen LogP contribution in [0.3, 0.4) is 0 Å². The van der Waals surface area contributed by atoms with Crippen molar-refractivity contribution in [1.82, 2.24) is 0 Å². The number of oxime groups is 1. The molecule has 4 nitrogen and oxygen atoms in total. The van der Waals surface area contributed by atoms with Gasteiger partial charge in [0.1, 0.15) is 0 Å². The average molecular weight is 443 g/mol. The molecule has 0 fully saturated rings. The molecule has 0 bridgehead atoms. The van der Waals surface area contributed by atoms with Gasteiger partial charge in [0, 0.05) is 18.0 Å². The van der Waals surface area contributed by atoms with E-state index < -0.39 is 0 Å². The van der Waals surface area contributed by atoms with Gasteiger partial charge in [-0.2, -0.15) is 0 Å². The van der Waals surface area contributed by atoms with E-state index in [0.717, 1.165) is 27.9 Å². The van der Waals surface area contributed by atoms with Crippen molar-refractivity contribution >= 4 is 17.3 Å². The van der Waals surface area contributed by atoms with Crippen molar-refractivity contribution < 1.29 is 10.0 Å². The lowest BCUT2D eigenvalue weighted by Crippen LogP contribution is -2.20. The number of hydrogen-bond donors (Lipinski definition) is 2. The van der Waals surface area contributed by atoms with Gasteiger partial charge in [-0.1, -0.05) is 112 Å². The second kappa shape index (κ2) is 11.5. The van der Waals surface area contributed by atoms with Crippen molar-refractivity contribution in [2.75, 3.05) is 5.32 Å². The Kier molecular flexibility index (Phi) is 8.42. The van der Waals surface area contributed by atoms with Gasteiger partial charge >= 0.3 is 0 Å². The van der Waals surface area contributed by atoms with E-state index in [1.807, 2.05) is 42.5 Å². The molecule has 0 radical (unpaired) electrons. The number of rotatable bonds is 9. The fourth-order valence-electron chi connectivity index (χ4n) is 4.25. The molecular formula is C29H34N2O2. The molecule has 2 N–H and O–H groups in total. The molecule has 3 rings (SSSR count). The van der Waals surface area contributed by atoms with Crippen LogP contribution < -0.4 is 5.32 Å². The van der Waals surface area contributed by atoms with Crippen LogP contribution in [0.4, 0.5) is 5.69 Å². The summed E-state index contributed by atoms with van der Waals surface area (Å²) in [4.78, 5) is 13.1. The predicted molar refractivity (Wildman–Crippen MR) is 136 cm³/mol. The van der Waals surface area contributed by atoms with Gasteiger partial charge in [0.25, 0.3) is 0 Å². The zero-order valence-electron chi connectivity index (χ0n) is 20.0. The molecule has 1 amide bonds. The van der Waals surface area contributed by atoms with E-state index in [0.29, 0.717) is 12.1 Å². The summed E-state index contributed by atoms with van der Waals surface area (Å²) in [5.41, 5.74) is 5.81. The molecule has 0 spiro atoms. The molecular weight excluding hydrogens is 408 g/mol. The molecule has 0 heterocycles. The Labute approximate surface area is 197 Å². The Morgan fingerprint density at radius 2 is 1.27 bits per heavy atom. The smallest absolute Gasteiger partial charge is 0.230 e. The number of anilines is 1. The number of hydrogen-bond acceptors (Lipinski definition) is 3. The fourth-order valence-corrected chi connectivity index (χ4v) is 4.25. The van der Waals surface area contributed by atoms with E-state index in [1.165, 1.54) is 0 Å². The highest BCUT2D eigenvalue weighted by Gasteiger charge is 2.21. The van der Waals surface area contributed by atoms with Crippen molar-refractivity contribution in [2.45, 2.75) is 58.3 Å². The minimum Gasteiger partial charge on any atom is -0.411 e. The van der Waals surface area contributed by atoms with Crippen LogP contribution in [-0.2, 0) is 4.79 Å². The SMILES string of the molecule is CC(C)c1cccc(C(C)C)c1NC(=O)C/C(CC(c1ccccc1)c1ccccc1)=N\O. The molecule has 172 valence electrons. The average Bonchev–Trinajstić information content (AvgIpc) is 2.82. The maximum absolute atomic E-state index is 13.1. The molecule has 0 atom stereocenters. The first-order chi connectivity index (χ1) is 15.9. The number of amides is 1. The van der Waals surface area contributed by atoms with Gasteiger partial charge in [-0.15, -0.1) is 0 Å². The third-order valence-corrected chi connectivity index (χ3v) is 5.99. The molecule has 0 aliphatic heterocycles. The zero-order chi connectivity index (χ0) is 23.8. The van der Waals surface area contributed by atoms with Crippen LogP contribution in [-0.4, -0.2) is 16.8 Å². The molecule has 0 aliphatic rings. The third-order valence-electron chi connectivity index (χ3n) is 5.99. The van der Waals surface area contributed by atoms with Crippen LogP contribution in [0.15, 0.2) is 84.0 Å². The highest BCUT2D eigenvalue weighted by molar-refractivity contribution is 6.07. The predicted octanol–water partition coefficient (Wildman–Crippen LogP) is 7.31. The summed E-state index contributed by atoms with van der Waals surface area (Å²) in [6, 6.07) is 26.4. The molecule has 0 aliphatic carbocycles. The second-order valence-electron chi connectivity index (χ2n) is 9.09. The number of carbonyl (C=O) groups excluding carboxylic acids is 1. The van der Waals surface area contributed by atoms with Crippen LogP contribution in [0.25, 0.3) is 0 Å². The van der Waals surface area contributed by atoms with E-state index in [1.54, 1.807) is 0 Å². The van der Waals surface area contributed by atoms with E-state index in [-0.39, 0.29) is 30.1 Å². The highest BCUT2D eigenvalue weighted by Crippen LogP contribution is 2.33. The molecule has 0 saturated carbocycles. The minimum atomic E-state index is -0.169. The first-order valence-electron chi connectivity index (χ1n) is 11.6. The quantitative estimate of drug-likeness (QED) is 0.207. The van der Waals surface area contributed by atoms with Crippen LogP contribution in [0, 0.1) is 0 Å². The van der Waals surface area contributed by atoms with Gasteiger partial charge in [0.2, 0.25) is 5.91 Å². The topological polar surface area (TPSA) is 61.7 Å². The zero-order valence-corrected chi connectivity index (χ0v) is 20.0.